The molecule has 2 rings (SSSR count). The molecule has 0 bridgehead atoms. The molecule has 1 aromatic rings. The molecule has 0 aromatic carbocycles. The van der Waals surface area contributed by atoms with Crippen LogP contribution in [-0.2, 0) is 11.3 Å². The molecule has 0 spiro atoms. The molecular formula is C10H14ClN3O2. The van der Waals surface area contributed by atoms with E-state index in [4.69, 9.17) is 21.4 Å². The summed E-state index contributed by atoms with van der Waals surface area (Å²) < 4.78 is 5.01. The molecule has 2 unspecified atom stereocenters. The van der Waals surface area contributed by atoms with Crippen LogP contribution in [0.3, 0.4) is 0 Å². The van der Waals surface area contributed by atoms with E-state index < -0.39 is 6.41 Å². The van der Waals surface area contributed by atoms with Gasteiger partial charge < -0.3 is 9.84 Å². The quantitative estimate of drug-likeness (QED) is 0.753. The van der Waals surface area contributed by atoms with Crippen molar-refractivity contribution < 1.29 is 9.84 Å². The average Bonchev–Trinajstić information content (AvgIpc) is 2.68. The number of aliphatic hydroxyl groups excluding tert-OH is 1. The van der Waals surface area contributed by atoms with Gasteiger partial charge in [-0.05, 0) is 18.7 Å². The Hall–Kier alpha value is -0.720. The van der Waals surface area contributed by atoms with Crippen molar-refractivity contribution in [3.05, 3.63) is 29.0 Å². The molecule has 5 nitrogen and oxygen atoms in total. The van der Waals surface area contributed by atoms with Crippen molar-refractivity contribution in [2.75, 3.05) is 13.7 Å². The van der Waals surface area contributed by atoms with Gasteiger partial charge in [-0.2, -0.15) is 0 Å². The molecule has 88 valence electrons. The first-order valence-electron chi connectivity index (χ1n) is 5.01. The van der Waals surface area contributed by atoms with Crippen molar-refractivity contribution in [1.82, 2.24) is 15.2 Å². The third-order valence-electron chi connectivity index (χ3n) is 2.50. The lowest BCUT2D eigenvalue weighted by atomic mass is 10.2. The van der Waals surface area contributed by atoms with Crippen LogP contribution in [0.1, 0.15) is 5.56 Å². The highest BCUT2D eigenvalue weighted by molar-refractivity contribution is 6.29. The smallest absolute Gasteiger partial charge is 0.214 e. The molecule has 1 aromatic heterocycles. The monoisotopic (exact) mass is 243 g/mol. The molecule has 1 fully saturated rings. The molecule has 1 aliphatic rings. The van der Waals surface area contributed by atoms with E-state index in [2.05, 4.69) is 10.3 Å². The Balaban J connectivity index is 1.91. The second kappa shape index (κ2) is 5.07. The molecule has 0 amide bonds. The Morgan fingerprint density at radius 1 is 1.69 bits per heavy atom. The molecule has 16 heavy (non-hydrogen) atoms. The summed E-state index contributed by atoms with van der Waals surface area (Å²) in [6, 6.07) is 3.69. The molecule has 0 saturated carbocycles. The number of aromatic nitrogens is 1. The van der Waals surface area contributed by atoms with Crippen LogP contribution in [0.5, 0.6) is 0 Å². The van der Waals surface area contributed by atoms with Gasteiger partial charge in [0.2, 0.25) is 6.41 Å². The summed E-state index contributed by atoms with van der Waals surface area (Å²) >= 11 is 5.70. The van der Waals surface area contributed by atoms with Gasteiger partial charge in [0.1, 0.15) is 5.15 Å². The van der Waals surface area contributed by atoms with Crippen LogP contribution in [-0.4, -0.2) is 41.2 Å². The van der Waals surface area contributed by atoms with Gasteiger partial charge in [-0.1, -0.05) is 17.7 Å². The molecule has 2 atom stereocenters. The first-order valence-corrected chi connectivity index (χ1v) is 5.39. The molecular weight excluding hydrogens is 230 g/mol. The predicted octanol–water partition coefficient (Wildman–Crippen LogP) is 0.389. The zero-order chi connectivity index (χ0) is 11.5. The number of nitrogens with zero attached hydrogens (tertiary/aromatic N) is 2. The fourth-order valence-corrected chi connectivity index (χ4v) is 1.71. The van der Waals surface area contributed by atoms with E-state index in [1.54, 1.807) is 12.3 Å². The Bertz CT molecular complexity index is 346. The number of likely N-dealkylation sites (N-methyl/N-ethyl adjacent to an activating group) is 1. The van der Waals surface area contributed by atoms with E-state index >= 15 is 0 Å². The third-order valence-corrected chi connectivity index (χ3v) is 2.72. The minimum Gasteiger partial charge on any atom is -0.356 e. The Morgan fingerprint density at radius 3 is 3.06 bits per heavy atom. The maximum absolute atomic E-state index is 9.16. The maximum Gasteiger partial charge on any atom is 0.214 e. The van der Waals surface area contributed by atoms with Crippen molar-refractivity contribution in [3.8, 4) is 0 Å². The highest BCUT2D eigenvalue weighted by Gasteiger charge is 2.25. The third kappa shape index (κ3) is 2.90. The number of pyridine rings is 1. The van der Waals surface area contributed by atoms with Crippen LogP contribution in [0.2, 0.25) is 5.15 Å². The fraction of sp³-hybridized carbons (Fsp3) is 0.500. The van der Waals surface area contributed by atoms with Gasteiger partial charge >= 0.3 is 0 Å². The number of hydrogen-bond donors (Lipinski definition) is 2. The summed E-state index contributed by atoms with van der Waals surface area (Å²) in [4.78, 5) is 6.05. The van der Waals surface area contributed by atoms with Crippen LogP contribution < -0.4 is 5.32 Å². The number of aliphatic hydroxyl groups is 1. The first kappa shape index (κ1) is 11.8. The average molecular weight is 244 g/mol. The van der Waals surface area contributed by atoms with Gasteiger partial charge in [0, 0.05) is 12.7 Å². The van der Waals surface area contributed by atoms with Gasteiger partial charge in [0.25, 0.3) is 0 Å². The second-order valence-electron chi connectivity index (χ2n) is 3.77. The largest absolute Gasteiger partial charge is 0.356 e. The summed E-state index contributed by atoms with van der Waals surface area (Å²) in [6.07, 6.45) is 0.895. The van der Waals surface area contributed by atoms with Crippen molar-refractivity contribution in [1.29, 1.82) is 0 Å². The molecule has 6 heteroatoms. The SMILES string of the molecule is CN(Cc1ccc(Cl)nc1)C1COC(O)N1. The van der Waals surface area contributed by atoms with Gasteiger partial charge in [-0.15, -0.1) is 0 Å². The fourth-order valence-electron chi connectivity index (χ4n) is 1.60. The summed E-state index contributed by atoms with van der Waals surface area (Å²) in [5.74, 6) is 0. The van der Waals surface area contributed by atoms with E-state index in [1.807, 2.05) is 18.0 Å². The lowest BCUT2D eigenvalue weighted by Crippen LogP contribution is -2.42. The molecule has 0 radical (unpaired) electrons. The van der Waals surface area contributed by atoms with Gasteiger partial charge in [-0.3, -0.25) is 10.2 Å². The molecule has 2 N–H and O–H groups in total. The summed E-state index contributed by atoms with van der Waals surface area (Å²) in [7, 11) is 1.95. The highest BCUT2D eigenvalue weighted by atomic mass is 35.5. The number of nitrogens with one attached hydrogen (secondary N) is 1. The lowest BCUT2D eigenvalue weighted by molar-refractivity contribution is -0.0719. The van der Waals surface area contributed by atoms with Crippen LogP contribution in [0.25, 0.3) is 0 Å². The van der Waals surface area contributed by atoms with Crippen LogP contribution in [0.15, 0.2) is 18.3 Å². The van der Waals surface area contributed by atoms with Gasteiger partial charge in [0.15, 0.2) is 0 Å². The van der Waals surface area contributed by atoms with Crippen LogP contribution in [0, 0.1) is 0 Å². The highest BCUT2D eigenvalue weighted by Crippen LogP contribution is 2.10. The standard InChI is InChI=1S/C10H14ClN3O2/c1-14(9-6-16-10(15)13-9)5-7-2-3-8(11)12-4-7/h2-4,9-10,13,15H,5-6H2,1H3. The van der Waals surface area contributed by atoms with Gasteiger partial charge in [-0.25, -0.2) is 4.98 Å². The minimum atomic E-state index is -0.865. The second-order valence-corrected chi connectivity index (χ2v) is 4.16. The van der Waals surface area contributed by atoms with Crippen molar-refractivity contribution in [2.45, 2.75) is 19.1 Å². The van der Waals surface area contributed by atoms with Gasteiger partial charge in [0.05, 0.1) is 12.8 Å². The first-order chi connectivity index (χ1) is 7.65. The zero-order valence-corrected chi connectivity index (χ0v) is 9.68. The molecule has 1 saturated heterocycles. The molecule has 1 aliphatic heterocycles. The van der Waals surface area contributed by atoms with E-state index in [0.29, 0.717) is 11.8 Å². The summed E-state index contributed by atoms with van der Waals surface area (Å²) in [5.41, 5.74) is 1.06. The Labute approximate surface area is 99.0 Å². The number of hydrogen-bond acceptors (Lipinski definition) is 5. The normalized spacial score (nSPS) is 25.2. The minimum absolute atomic E-state index is 0.0191. The number of rotatable bonds is 3. The Morgan fingerprint density at radius 2 is 2.50 bits per heavy atom. The molecule has 0 aliphatic carbocycles. The summed E-state index contributed by atoms with van der Waals surface area (Å²) in [5, 5.41) is 12.5. The van der Waals surface area contributed by atoms with E-state index in [-0.39, 0.29) is 6.17 Å². The molecule has 2 heterocycles. The van der Waals surface area contributed by atoms with Crippen LogP contribution in [0.4, 0.5) is 0 Å². The lowest BCUT2D eigenvalue weighted by Gasteiger charge is -2.22. The summed E-state index contributed by atoms with van der Waals surface area (Å²) in [6.45, 7) is 1.19. The Kier molecular flexibility index (Phi) is 3.73. The topological polar surface area (TPSA) is 57.6 Å². The van der Waals surface area contributed by atoms with E-state index in [0.717, 1.165) is 12.1 Å². The zero-order valence-electron chi connectivity index (χ0n) is 8.93. The number of ether oxygens (including phenoxy) is 1. The predicted molar refractivity (Wildman–Crippen MR) is 59.6 cm³/mol. The number of halogens is 1. The van der Waals surface area contributed by atoms with Crippen LogP contribution >= 0.6 is 11.6 Å². The van der Waals surface area contributed by atoms with E-state index in [9.17, 15) is 0 Å². The van der Waals surface area contributed by atoms with Crippen molar-refractivity contribution in [2.24, 2.45) is 0 Å². The van der Waals surface area contributed by atoms with Crippen molar-refractivity contribution >= 4 is 11.6 Å². The van der Waals surface area contributed by atoms with Crippen molar-refractivity contribution in [3.63, 3.8) is 0 Å². The maximum atomic E-state index is 9.16. The van der Waals surface area contributed by atoms with E-state index in [1.165, 1.54) is 0 Å².